The number of hydrogen-bond donors (Lipinski definition) is 1. The van der Waals surface area contributed by atoms with Gasteiger partial charge in [0.1, 0.15) is 0 Å². The van der Waals surface area contributed by atoms with Crippen LogP contribution in [-0.4, -0.2) is 35.0 Å². The zero-order valence-corrected chi connectivity index (χ0v) is 18.0. The molecule has 0 aliphatic rings. The Balaban J connectivity index is 3.79. The molecule has 0 heterocycles. The first-order valence-electron chi connectivity index (χ1n) is 11.2. The van der Waals surface area contributed by atoms with Crippen molar-refractivity contribution in [2.24, 2.45) is 5.92 Å². The zero-order valence-electron chi connectivity index (χ0n) is 18.0. The Morgan fingerprint density at radius 1 is 0.815 bits per heavy atom. The molecule has 0 aromatic carbocycles. The van der Waals surface area contributed by atoms with Crippen LogP contribution < -0.4 is 0 Å². The lowest BCUT2D eigenvalue weighted by Gasteiger charge is -2.20. The third-order valence-electron chi connectivity index (χ3n) is 5.20. The number of carboxylic acid groups (broad SMARTS) is 1. The number of amides is 1. The van der Waals surface area contributed by atoms with Gasteiger partial charge >= 0.3 is 5.97 Å². The van der Waals surface area contributed by atoms with E-state index in [2.05, 4.69) is 13.0 Å². The van der Waals surface area contributed by atoms with Crippen molar-refractivity contribution in [3.8, 4) is 0 Å². The molecular weight excluding hydrogens is 338 g/mol. The molecule has 0 aliphatic carbocycles. The Morgan fingerprint density at radius 3 is 1.81 bits per heavy atom. The van der Waals surface area contributed by atoms with Gasteiger partial charge in [0.2, 0.25) is 5.91 Å². The molecule has 1 amide bonds. The van der Waals surface area contributed by atoms with Crippen LogP contribution in [0.15, 0.2) is 12.2 Å². The van der Waals surface area contributed by atoms with Crippen LogP contribution >= 0.6 is 0 Å². The summed E-state index contributed by atoms with van der Waals surface area (Å²) in [6, 6.07) is 0. The number of carbonyl (C=O) groups is 2. The van der Waals surface area contributed by atoms with Gasteiger partial charge in [-0.25, -0.2) is 0 Å². The highest BCUT2D eigenvalue weighted by Gasteiger charge is 2.22. The molecule has 0 bridgehead atoms. The predicted molar refractivity (Wildman–Crippen MR) is 114 cm³/mol. The van der Waals surface area contributed by atoms with Crippen LogP contribution in [0.3, 0.4) is 0 Å². The third-order valence-corrected chi connectivity index (χ3v) is 5.20. The van der Waals surface area contributed by atoms with E-state index in [4.69, 9.17) is 0 Å². The first-order valence-corrected chi connectivity index (χ1v) is 11.2. The van der Waals surface area contributed by atoms with E-state index in [0.29, 0.717) is 19.5 Å². The van der Waals surface area contributed by atoms with Gasteiger partial charge in [0.05, 0.1) is 5.92 Å². The molecule has 4 nitrogen and oxygen atoms in total. The summed E-state index contributed by atoms with van der Waals surface area (Å²) in [6.45, 7) is 7.36. The van der Waals surface area contributed by atoms with Crippen molar-refractivity contribution in [3.05, 3.63) is 12.2 Å². The van der Waals surface area contributed by atoms with E-state index in [1.54, 1.807) is 4.90 Å². The highest BCUT2D eigenvalue weighted by molar-refractivity contribution is 5.82. The van der Waals surface area contributed by atoms with Gasteiger partial charge in [0.15, 0.2) is 0 Å². The second kappa shape index (κ2) is 18.1. The van der Waals surface area contributed by atoms with Crippen molar-refractivity contribution in [2.75, 3.05) is 13.1 Å². The molecule has 0 rings (SSSR count). The van der Waals surface area contributed by atoms with E-state index in [0.717, 1.165) is 6.42 Å². The van der Waals surface area contributed by atoms with Crippen LogP contribution in [0.5, 0.6) is 0 Å². The average molecular weight is 382 g/mol. The maximum absolute atomic E-state index is 12.1. The molecule has 0 saturated carbocycles. The van der Waals surface area contributed by atoms with Crippen LogP contribution in [0.1, 0.15) is 104 Å². The highest BCUT2D eigenvalue weighted by Crippen LogP contribution is 2.14. The summed E-state index contributed by atoms with van der Waals surface area (Å²) >= 11 is 0. The second-order valence-electron chi connectivity index (χ2n) is 7.48. The van der Waals surface area contributed by atoms with E-state index < -0.39 is 11.9 Å². The Labute approximate surface area is 167 Å². The molecule has 0 fully saturated rings. The standard InChI is InChI=1S/C23H43NO3/c1-4-7-8-9-10-11-12-13-14-15-16-17-18-19-21(23(26)27)20-22(25)24(5-2)6-3/h17-18,21H,4-16,19-20H2,1-3H3,(H,26,27)/b18-17+. The van der Waals surface area contributed by atoms with Gasteiger partial charge in [0, 0.05) is 19.5 Å². The Hall–Kier alpha value is -1.32. The van der Waals surface area contributed by atoms with E-state index in [1.165, 1.54) is 64.2 Å². The fraction of sp³-hybridized carbons (Fsp3) is 0.826. The molecule has 27 heavy (non-hydrogen) atoms. The van der Waals surface area contributed by atoms with Crippen molar-refractivity contribution in [2.45, 2.75) is 104 Å². The lowest BCUT2D eigenvalue weighted by molar-refractivity contribution is -0.145. The summed E-state index contributed by atoms with van der Waals surface area (Å²) in [5, 5.41) is 9.34. The van der Waals surface area contributed by atoms with Gasteiger partial charge in [-0.3, -0.25) is 9.59 Å². The number of nitrogens with zero attached hydrogens (tertiary/aromatic N) is 1. The fourth-order valence-corrected chi connectivity index (χ4v) is 3.32. The van der Waals surface area contributed by atoms with Crippen LogP contribution in [0.2, 0.25) is 0 Å². The summed E-state index contributed by atoms with van der Waals surface area (Å²) in [7, 11) is 0. The van der Waals surface area contributed by atoms with E-state index in [1.807, 2.05) is 19.9 Å². The lowest BCUT2D eigenvalue weighted by Crippen LogP contribution is -2.33. The SMILES string of the molecule is CCCCCCCCCCCC/C=C/CC(CC(=O)N(CC)CC)C(=O)O. The van der Waals surface area contributed by atoms with Crippen LogP contribution in [-0.2, 0) is 9.59 Å². The summed E-state index contributed by atoms with van der Waals surface area (Å²) in [4.78, 5) is 25.2. The molecule has 0 saturated heterocycles. The summed E-state index contributed by atoms with van der Waals surface area (Å²) < 4.78 is 0. The van der Waals surface area contributed by atoms with Gasteiger partial charge in [-0.1, -0.05) is 76.9 Å². The molecule has 0 aromatic rings. The summed E-state index contributed by atoms with van der Waals surface area (Å²) in [5.74, 6) is -1.54. The quantitative estimate of drug-likeness (QED) is 0.227. The maximum Gasteiger partial charge on any atom is 0.307 e. The van der Waals surface area contributed by atoms with Gasteiger partial charge < -0.3 is 10.0 Å². The Morgan fingerprint density at radius 2 is 1.33 bits per heavy atom. The highest BCUT2D eigenvalue weighted by atomic mass is 16.4. The van der Waals surface area contributed by atoms with Crippen LogP contribution in [0.25, 0.3) is 0 Å². The number of hydrogen-bond acceptors (Lipinski definition) is 2. The van der Waals surface area contributed by atoms with E-state index in [9.17, 15) is 14.7 Å². The number of aliphatic carboxylic acids is 1. The number of carboxylic acids is 1. The van der Waals surface area contributed by atoms with Gasteiger partial charge in [-0.05, 0) is 33.1 Å². The molecule has 4 heteroatoms. The fourth-order valence-electron chi connectivity index (χ4n) is 3.32. The Bertz CT molecular complexity index is 402. The molecule has 0 aliphatic heterocycles. The average Bonchev–Trinajstić information content (AvgIpc) is 2.65. The summed E-state index contributed by atoms with van der Waals surface area (Å²) in [5.41, 5.74) is 0. The minimum Gasteiger partial charge on any atom is -0.481 e. The second-order valence-corrected chi connectivity index (χ2v) is 7.48. The smallest absolute Gasteiger partial charge is 0.307 e. The largest absolute Gasteiger partial charge is 0.481 e. The van der Waals surface area contributed by atoms with Gasteiger partial charge in [0.25, 0.3) is 0 Å². The van der Waals surface area contributed by atoms with Crippen molar-refractivity contribution in [3.63, 3.8) is 0 Å². The minimum absolute atomic E-state index is 0.0597. The monoisotopic (exact) mass is 381 g/mol. The van der Waals surface area contributed by atoms with Crippen LogP contribution in [0, 0.1) is 5.92 Å². The topological polar surface area (TPSA) is 57.6 Å². The van der Waals surface area contributed by atoms with Gasteiger partial charge in [-0.2, -0.15) is 0 Å². The molecule has 1 atom stereocenters. The number of carbonyl (C=O) groups excluding carboxylic acids is 1. The van der Waals surface area contributed by atoms with Crippen molar-refractivity contribution in [1.29, 1.82) is 0 Å². The van der Waals surface area contributed by atoms with E-state index >= 15 is 0 Å². The third kappa shape index (κ3) is 14.4. The number of rotatable bonds is 18. The lowest BCUT2D eigenvalue weighted by atomic mass is 10.00. The van der Waals surface area contributed by atoms with E-state index in [-0.39, 0.29) is 12.3 Å². The molecule has 1 N–H and O–H groups in total. The van der Waals surface area contributed by atoms with Crippen LogP contribution in [0.4, 0.5) is 0 Å². The summed E-state index contributed by atoms with van der Waals surface area (Å²) in [6.07, 6.45) is 18.8. The first-order chi connectivity index (χ1) is 13.1. The van der Waals surface area contributed by atoms with Crippen molar-refractivity contribution < 1.29 is 14.7 Å². The number of unbranched alkanes of at least 4 members (excludes halogenated alkanes) is 10. The molecule has 0 aromatic heterocycles. The maximum atomic E-state index is 12.1. The Kier molecular flexibility index (Phi) is 17.2. The van der Waals surface area contributed by atoms with Gasteiger partial charge in [-0.15, -0.1) is 0 Å². The molecule has 1 unspecified atom stereocenters. The first kappa shape index (κ1) is 25.7. The minimum atomic E-state index is -0.876. The molecule has 158 valence electrons. The molecule has 0 radical (unpaired) electrons. The van der Waals surface area contributed by atoms with Crippen molar-refractivity contribution in [1.82, 2.24) is 4.90 Å². The normalized spacial score (nSPS) is 12.4. The predicted octanol–water partition coefficient (Wildman–Crippen LogP) is 6.20. The van der Waals surface area contributed by atoms with Crippen molar-refractivity contribution >= 4 is 11.9 Å². The molecule has 0 spiro atoms. The zero-order chi connectivity index (χ0) is 20.3. The number of allylic oxidation sites excluding steroid dienone is 2. The molecular formula is C23H43NO3.